The van der Waals surface area contributed by atoms with E-state index in [0.29, 0.717) is 35.7 Å². The van der Waals surface area contributed by atoms with Gasteiger partial charge < -0.3 is 14.2 Å². The molecule has 6 bridgehead atoms. The molecule has 5 fully saturated rings. The number of hydrogen-bond donors (Lipinski definition) is 0. The van der Waals surface area contributed by atoms with Crippen molar-refractivity contribution < 1.29 is 19.0 Å². The minimum Gasteiger partial charge on any atom is -0.438 e. The van der Waals surface area contributed by atoms with Crippen LogP contribution < -0.4 is 0 Å². The Morgan fingerprint density at radius 2 is 1.92 bits per heavy atom. The first-order valence-electron chi connectivity index (χ1n) is 9.90. The average molecular weight is 330 g/mol. The van der Waals surface area contributed by atoms with Gasteiger partial charge in [0.1, 0.15) is 0 Å². The SMILES string of the molecule is O=C(OCOC1CC2CCC1C2)C1CC2OC1C1C3C=CC(C3)C21. The lowest BCUT2D eigenvalue weighted by Crippen LogP contribution is -2.39. The highest BCUT2D eigenvalue weighted by Crippen LogP contribution is 2.61. The van der Waals surface area contributed by atoms with Gasteiger partial charge in [0.25, 0.3) is 0 Å². The topological polar surface area (TPSA) is 44.8 Å². The minimum absolute atomic E-state index is 0.0624. The highest BCUT2D eigenvalue weighted by molar-refractivity contribution is 5.74. The maximum Gasteiger partial charge on any atom is 0.313 e. The fraction of sp³-hybridized carbons (Fsp3) is 0.850. The van der Waals surface area contributed by atoms with E-state index in [1.165, 1.54) is 32.1 Å². The predicted octanol–water partition coefficient (Wildman–Crippen LogP) is 2.92. The molecule has 6 rings (SSSR count). The van der Waals surface area contributed by atoms with Crippen LogP contribution in [0, 0.1) is 41.4 Å². The fourth-order valence-electron chi connectivity index (χ4n) is 7.14. The van der Waals surface area contributed by atoms with Crippen molar-refractivity contribution in [2.75, 3.05) is 6.79 Å². The highest BCUT2D eigenvalue weighted by atomic mass is 16.7. The Balaban J connectivity index is 1.06. The minimum atomic E-state index is -0.0872. The molecule has 0 aromatic rings. The summed E-state index contributed by atoms with van der Waals surface area (Å²) in [4.78, 5) is 12.6. The molecule has 0 radical (unpaired) electrons. The Bertz CT molecular complexity index is 586. The summed E-state index contributed by atoms with van der Waals surface area (Å²) < 4.78 is 17.6. The number of rotatable bonds is 4. The highest BCUT2D eigenvalue weighted by Gasteiger charge is 2.64. The molecule has 2 heterocycles. The van der Waals surface area contributed by atoms with E-state index in [1.54, 1.807) is 0 Å². The molecule has 130 valence electrons. The molecular formula is C20H26O4. The van der Waals surface area contributed by atoms with Crippen LogP contribution in [0.25, 0.3) is 0 Å². The van der Waals surface area contributed by atoms with Crippen molar-refractivity contribution in [2.24, 2.45) is 41.4 Å². The van der Waals surface area contributed by atoms with E-state index >= 15 is 0 Å². The van der Waals surface area contributed by atoms with Gasteiger partial charge in [-0.15, -0.1) is 0 Å². The van der Waals surface area contributed by atoms with Crippen LogP contribution in [0.15, 0.2) is 12.2 Å². The summed E-state index contributed by atoms with van der Waals surface area (Å²) in [5.74, 6) is 3.98. The van der Waals surface area contributed by atoms with Crippen molar-refractivity contribution in [1.82, 2.24) is 0 Å². The second kappa shape index (κ2) is 5.07. The third kappa shape index (κ3) is 1.90. The largest absolute Gasteiger partial charge is 0.438 e. The lowest BCUT2D eigenvalue weighted by Gasteiger charge is -2.32. The van der Waals surface area contributed by atoms with Gasteiger partial charge >= 0.3 is 5.97 Å². The Kier molecular flexibility index (Phi) is 3.03. The molecule has 2 aliphatic heterocycles. The maximum atomic E-state index is 12.6. The number of carbonyl (C=O) groups excluding carboxylic acids is 1. The van der Waals surface area contributed by atoms with Crippen LogP contribution in [0.2, 0.25) is 0 Å². The molecule has 4 heteroatoms. The third-order valence-electron chi connectivity index (χ3n) is 8.07. The van der Waals surface area contributed by atoms with Crippen molar-refractivity contribution >= 4 is 5.97 Å². The molecule has 24 heavy (non-hydrogen) atoms. The van der Waals surface area contributed by atoms with Crippen LogP contribution in [-0.4, -0.2) is 31.1 Å². The van der Waals surface area contributed by atoms with Crippen LogP contribution in [-0.2, 0) is 19.0 Å². The number of fused-ring (bicyclic) bond motifs is 11. The summed E-state index contributed by atoms with van der Waals surface area (Å²) in [5.41, 5.74) is 0. The van der Waals surface area contributed by atoms with Crippen molar-refractivity contribution in [3.05, 3.63) is 12.2 Å². The van der Waals surface area contributed by atoms with Crippen LogP contribution in [0.1, 0.15) is 38.5 Å². The lowest BCUT2D eigenvalue weighted by molar-refractivity contribution is -0.170. The molecule has 0 aromatic heterocycles. The van der Waals surface area contributed by atoms with Crippen LogP contribution in [0.4, 0.5) is 0 Å². The van der Waals surface area contributed by atoms with E-state index < -0.39 is 0 Å². The molecule has 2 saturated heterocycles. The number of ether oxygens (including phenoxy) is 3. The monoisotopic (exact) mass is 330 g/mol. The average Bonchev–Trinajstić information content (AvgIpc) is 3.41. The molecule has 0 spiro atoms. The van der Waals surface area contributed by atoms with Crippen molar-refractivity contribution in [3.63, 3.8) is 0 Å². The van der Waals surface area contributed by atoms with Gasteiger partial charge in [0.15, 0.2) is 6.79 Å². The van der Waals surface area contributed by atoms with Gasteiger partial charge in [0.05, 0.1) is 24.2 Å². The molecule has 10 atom stereocenters. The molecule has 0 aromatic carbocycles. The molecule has 6 aliphatic rings. The summed E-state index contributed by atoms with van der Waals surface area (Å²) in [5, 5.41) is 0. The van der Waals surface area contributed by atoms with Gasteiger partial charge in [0, 0.05) is 0 Å². The first-order valence-corrected chi connectivity index (χ1v) is 9.90. The van der Waals surface area contributed by atoms with Gasteiger partial charge in [-0.25, -0.2) is 0 Å². The fourth-order valence-corrected chi connectivity index (χ4v) is 7.14. The van der Waals surface area contributed by atoms with Gasteiger partial charge in [-0.2, -0.15) is 0 Å². The van der Waals surface area contributed by atoms with E-state index in [9.17, 15) is 4.79 Å². The number of esters is 1. The van der Waals surface area contributed by atoms with E-state index in [-0.39, 0.29) is 30.9 Å². The molecule has 3 saturated carbocycles. The van der Waals surface area contributed by atoms with E-state index in [2.05, 4.69) is 12.2 Å². The normalized spacial score (nSPS) is 55.5. The zero-order valence-electron chi connectivity index (χ0n) is 14.0. The van der Waals surface area contributed by atoms with Gasteiger partial charge in [0.2, 0.25) is 0 Å². The predicted molar refractivity (Wildman–Crippen MR) is 85.8 cm³/mol. The first-order chi connectivity index (χ1) is 11.8. The summed E-state index contributed by atoms with van der Waals surface area (Å²) in [7, 11) is 0. The zero-order valence-corrected chi connectivity index (χ0v) is 14.0. The smallest absolute Gasteiger partial charge is 0.313 e. The van der Waals surface area contributed by atoms with Crippen molar-refractivity contribution in [2.45, 2.75) is 56.8 Å². The Hall–Kier alpha value is -0.870. The Labute approximate surface area is 142 Å². The van der Waals surface area contributed by atoms with Gasteiger partial charge in [-0.1, -0.05) is 12.2 Å². The first kappa shape index (κ1) is 14.3. The second-order valence-corrected chi connectivity index (χ2v) is 9.05. The third-order valence-corrected chi connectivity index (χ3v) is 8.07. The quantitative estimate of drug-likeness (QED) is 0.452. The molecule has 10 unspecified atom stereocenters. The second-order valence-electron chi connectivity index (χ2n) is 9.05. The molecular weight excluding hydrogens is 304 g/mol. The van der Waals surface area contributed by atoms with E-state index in [0.717, 1.165) is 12.3 Å². The van der Waals surface area contributed by atoms with Crippen LogP contribution in [0.5, 0.6) is 0 Å². The van der Waals surface area contributed by atoms with Crippen molar-refractivity contribution in [1.29, 1.82) is 0 Å². The maximum absolute atomic E-state index is 12.6. The van der Waals surface area contributed by atoms with Crippen LogP contribution >= 0.6 is 0 Å². The standard InChI is InChI=1S/C20H26O4/c21-20(23-9-22-15-6-10-1-2-11(15)5-10)14-8-16-17-12-3-4-13(7-12)18(17)19(14)24-16/h3-4,10-19H,1-2,5-9H2. The van der Waals surface area contributed by atoms with Gasteiger partial charge in [-0.3, -0.25) is 4.79 Å². The number of carbonyl (C=O) groups is 1. The zero-order chi connectivity index (χ0) is 15.8. The summed E-state index contributed by atoms with van der Waals surface area (Å²) >= 11 is 0. The number of allylic oxidation sites excluding steroid dienone is 2. The van der Waals surface area contributed by atoms with Gasteiger partial charge in [-0.05, 0) is 74.0 Å². The number of hydrogen-bond acceptors (Lipinski definition) is 4. The summed E-state index contributed by atoms with van der Waals surface area (Å²) in [6.07, 6.45) is 12.7. The van der Waals surface area contributed by atoms with Crippen molar-refractivity contribution in [3.8, 4) is 0 Å². The van der Waals surface area contributed by atoms with E-state index in [4.69, 9.17) is 14.2 Å². The molecule has 0 amide bonds. The van der Waals surface area contributed by atoms with E-state index in [1.807, 2.05) is 0 Å². The molecule has 0 N–H and O–H groups in total. The summed E-state index contributed by atoms with van der Waals surface area (Å²) in [6, 6.07) is 0. The Morgan fingerprint density at radius 1 is 1.04 bits per heavy atom. The van der Waals surface area contributed by atoms with Crippen LogP contribution in [0.3, 0.4) is 0 Å². The molecule has 4 aliphatic carbocycles. The Morgan fingerprint density at radius 3 is 2.71 bits per heavy atom. The molecule has 4 nitrogen and oxygen atoms in total. The lowest BCUT2D eigenvalue weighted by atomic mass is 9.69. The summed E-state index contributed by atoms with van der Waals surface area (Å²) in [6.45, 7) is 0.140.